The molecule has 0 aromatic heterocycles. The third-order valence-electron chi connectivity index (χ3n) is 4.49. The maximum Gasteiger partial charge on any atom is 0.331 e. The van der Waals surface area contributed by atoms with Gasteiger partial charge >= 0.3 is 5.97 Å². The minimum atomic E-state index is -0.538. The Labute approximate surface area is 162 Å². The quantitative estimate of drug-likeness (QED) is 0.245. The van der Waals surface area contributed by atoms with E-state index in [0.29, 0.717) is 0 Å². The summed E-state index contributed by atoms with van der Waals surface area (Å²) in [7, 11) is 1.70. The third-order valence-corrected chi connectivity index (χ3v) is 4.49. The summed E-state index contributed by atoms with van der Waals surface area (Å²) in [6.45, 7) is 11.6. The lowest BCUT2D eigenvalue weighted by Crippen LogP contribution is -2.27. The number of allylic oxidation sites excluding steroid dienone is 9. The monoisotopic (exact) mass is 374 g/mol. The van der Waals surface area contributed by atoms with Gasteiger partial charge in [0.1, 0.15) is 11.4 Å². The third kappa shape index (κ3) is 7.14. The zero-order chi connectivity index (χ0) is 20.6. The van der Waals surface area contributed by atoms with E-state index < -0.39 is 11.8 Å². The van der Waals surface area contributed by atoms with Crippen LogP contribution in [0.3, 0.4) is 0 Å². The van der Waals surface area contributed by atoms with Crippen LogP contribution in [-0.4, -0.2) is 25.3 Å². The standard InChI is InChI=1S/C23H31FO3/c1-8-27-22(25)13-17(3)21(24)12-10-16(2)9-11-20-18(4)14-23(6,26-7)15-19(20)5/h9-15,20H,8H2,1-7H3/b11-9+,16-10+,17-13+,21-12-. The molecule has 0 fully saturated rings. The Morgan fingerprint density at radius 1 is 1.22 bits per heavy atom. The zero-order valence-corrected chi connectivity index (χ0v) is 17.4. The van der Waals surface area contributed by atoms with Gasteiger partial charge in [0.2, 0.25) is 0 Å². The van der Waals surface area contributed by atoms with Gasteiger partial charge in [-0.05, 0) is 65.3 Å². The minimum Gasteiger partial charge on any atom is -0.463 e. The van der Waals surface area contributed by atoms with E-state index in [1.54, 1.807) is 27.0 Å². The molecule has 0 heterocycles. The van der Waals surface area contributed by atoms with Gasteiger partial charge in [-0.25, -0.2) is 9.18 Å². The van der Waals surface area contributed by atoms with Crippen molar-refractivity contribution < 1.29 is 18.7 Å². The van der Waals surface area contributed by atoms with Gasteiger partial charge in [0.15, 0.2) is 0 Å². The Hall–Kier alpha value is -2.20. The van der Waals surface area contributed by atoms with E-state index in [-0.39, 0.29) is 23.7 Å². The highest BCUT2D eigenvalue weighted by Crippen LogP contribution is 2.33. The molecule has 0 radical (unpaired) electrons. The number of rotatable bonds is 7. The number of ether oxygens (including phenoxy) is 2. The van der Waals surface area contributed by atoms with E-state index in [1.165, 1.54) is 17.2 Å². The van der Waals surface area contributed by atoms with Crippen LogP contribution in [0.5, 0.6) is 0 Å². The van der Waals surface area contributed by atoms with Crippen LogP contribution in [0.4, 0.5) is 4.39 Å². The summed E-state index contributed by atoms with van der Waals surface area (Å²) in [5.41, 5.74) is 3.23. The second-order valence-electron chi connectivity index (χ2n) is 7.01. The van der Waals surface area contributed by atoms with Crippen molar-refractivity contribution >= 4 is 5.97 Å². The van der Waals surface area contributed by atoms with Crippen molar-refractivity contribution in [3.8, 4) is 0 Å². The van der Waals surface area contributed by atoms with Crippen LogP contribution in [0, 0.1) is 5.92 Å². The summed E-state index contributed by atoms with van der Waals surface area (Å²) in [6.07, 6.45) is 12.5. The molecule has 1 aliphatic rings. The molecule has 0 N–H and O–H groups in total. The van der Waals surface area contributed by atoms with E-state index in [9.17, 15) is 9.18 Å². The van der Waals surface area contributed by atoms with Gasteiger partial charge in [-0.1, -0.05) is 34.9 Å². The molecule has 0 unspecified atom stereocenters. The lowest BCUT2D eigenvalue weighted by atomic mass is 9.81. The largest absolute Gasteiger partial charge is 0.463 e. The number of carbonyl (C=O) groups is 1. The first-order valence-electron chi connectivity index (χ1n) is 9.13. The predicted octanol–water partition coefficient (Wildman–Crippen LogP) is 5.78. The highest BCUT2D eigenvalue weighted by molar-refractivity contribution is 5.83. The van der Waals surface area contributed by atoms with Crippen molar-refractivity contribution in [3.63, 3.8) is 0 Å². The SMILES string of the molecule is CCOC(=O)/C=C(C)/C(F)=C/C=C(C)/C=C/C1C(C)=CC(C)(OC)C=C1C. The predicted molar refractivity (Wildman–Crippen MR) is 109 cm³/mol. The molecular weight excluding hydrogens is 343 g/mol. The fourth-order valence-corrected chi connectivity index (χ4v) is 2.98. The fourth-order valence-electron chi connectivity index (χ4n) is 2.98. The summed E-state index contributed by atoms with van der Waals surface area (Å²) in [4.78, 5) is 11.4. The maximum atomic E-state index is 14.1. The van der Waals surface area contributed by atoms with Gasteiger partial charge in [-0.3, -0.25) is 0 Å². The summed E-state index contributed by atoms with van der Waals surface area (Å²) < 4.78 is 24.4. The van der Waals surface area contributed by atoms with Crippen LogP contribution in [0.1, 0.15) is 41.5 Å². The molecule has 0 aliphatic heterocycles. The molecular formula is C23H31FO3. The van der Waals surface area contributed by atoms with E-state index in [2.05, 4.69) is 32.1 Å². The van der Waals surface area contributed by atoms with Crippen LogP contribution < -0.4 is 0 Å². The molecule has 0 aromatic carbocycles. The van der Waals surface area contributed by atoms with Crippen molar-refractivity contribution in [2.24, 2.45) is 5.92 Å². The highest BCUT2D eigenvalue weighted by atomic mass is 19.1. The Balaban J connectivity index is 2.86. The molecule has 1 aliphatic carbocycles. The Bertz CT molecular complexity index is 713. The first kappa shape index (κ1) is 22.8. The topological polar surface area (TPSA) is 35.5 Å². The van der Waals surface area contributed by atoms with Crippen molar-refractivity contribution in [2.45, 2.75) is 47.1 Å². The summed E-state index contributed by atoms with van der Waals surface area (Å²) in [6, 6.07) is 0. The molecule has 0 saturated carbocycles. The Morgan fingerprint density at radius 3 is 2.33 bits per heavy atom. The van der Waals surface area contributed by atoms with Crippen LogP contribution in [-0.2, 0) is 14.3 Å². The Kier molecular flexibility index (Phi) is 8.64. The molecule has 0 amide bonds. The number of methoxy groups -OCH3 is 1. The maximum absolute atomic E-state index is 14.1. The van der Waals surface area contributed by atoms with Crippen LogP contribution >= 0.6 is 0 Å². The number of hydrogen-bond acceptors (Lipinski definition) is 3. The van der Waals surface area contributed by atoms with Crippen molar-refractivity contribution in [1.29, 1.82) is 0 Å². The molecule has 0 atom stereocenters. The normalized spacial score (nSPS) is 24.7. The van der Waals surface area contributed by atoms with E-state index in [0.717, 1.165) is 11.6 Å². The van der Waals surface area contributed by atoms with Crippen molar-refractivity contribution in [2.75, 3.05) is 13.7 Å². The van der Waals surface area contributed by atoms with Gasteiger partial charge in [-0.2, -0.15) is 0 Å². The van der Waals surface area contributed by atoms with Gasteiger partial charge < -0.3 is 9.47 Å². The summed E-state index contributed by atoms with van der Waals surface area (Å²) in [5, 5.41) is 0. The number of halogens is 1. The van der Waals surface area contributed by atoms with Gasteiger partial charge in [0, 0.05) is 19.1 Å². The molecule has 27 heavy (non-hydrogen) atoms. The molecule has 0 spiro atoms. The van der Waals surface area contributed by atoms with Gasteiger partial charge in [-0.15, -0.1) is 0 Å². The lowest BCUT2D eigenvalue weighted by Gasteiger charge is -2.30. The second-order valence-corrected chi connectivity index (χ2v) is 7.01. The minimum absolute atomic E-state index is 0.204. The van der Waals surface area contributed by atoms with Crippen molar-refractivity contribution in [3.05, 3.63) is 70.7 Å². The van der Waals surface area contributed by atoms with Crippen LogP contribution in [0.25, 0.3) is 0 Å². The van der Waals surface area contributed by atoms with Gasteiger partial charge in [0.25, 0.3) is 0 Å². The van der Waals surface area contributed by atoms with Gasteiger partial charge in [0.05, 0.1) is 6.61 Å². The summed E-state index contributed by atoms with van der Waals surface area (Å²) in [5.74, 6) is -0.795. The van der Waals surface area contributed by atoms with E-state index in [1.807, 2.05) is 19.9 Å². The smallest absolute Gasteiger partial charge is 0.331 e. The lowest BCUT2D eigenvalue weighted by molar-refractivity contribution is -0.137. The molecule has 148 valence electrons. The average molecular weight is 374 g/mol. The second kappa shape index (κ2) is 10.2. The van der Waals surface area contributed by atoms with Crippen LogP contribution in [0.2, 0.25) is 0 Å². The first-order valence-corrected chi connectivity index (χ1v) is 9.13. The van der Waals surface area contributed by atoms with Crippen LogP contribution in [0.15, 0.2) is 70.7 Å². The number of carbonyl (C=O) groups excluding carboxylic acids is 1. The molecule has 1 rings (SSSR count). The molecule has 0 aromatic rings. The van der Waals surface area contributed by atoms with E-state index >= 15 is 0 Å². The Morgan fingerprint density at radius 2 is 1.81 bits per heavy atom. The number of esters is 1. The molecule has 0 bridgehead atoms. The summed E-state index contributed by atoms with van der Waals surface area (Å²) >= 11 is 0. The number of hydrogen-bond donors (Lipinski definition) is 0. The zero-order valence-electron chi connectivity index (χ0n) is 17.4. The molecule has 3 nitrogen and oxygen atoms in total. The molecule has 4 heteroatoms. The highest BCUT2D eigenvalue weighted by Gasteiger charge is 2.26. The average Bonchev–Trinajstić information content (AvgIpc) is 2.58. The first-order chi connectivity index (χ1) is 12.6. The van der Waals surface area contributed by atoms with Crippen molar-refractivity contribution in [1.82, 2.24) is 0 Å². The molecule has 0 saturated heterocycles. The van der Waals surface area contributed by atoms with E-state index in [4.69, 9.17) is 9.47 Å². The fraction of sp³-hybridized carbons (Fsp3) is 0.435.